The Labute approximate surface area is 159 Å². The van der Waals surface area contributed by atoms with Crippen molar-refractivity contribution in [3.8, 4) is 0 Å². The first-order valence-electron chi connectivity index (χ1n) is 10.3. The number of hydrogen-bond donors (Lipinski definition) is 1. The van der Waals surface area contributed by atoms with Gasteiger partial charge in [-0.3, -0.25) is 9.89 Å². The van der Waals surface area contributed by atoms with Gasteiger partial charge in [-0.1, -0.05) is 30.3 Å². The molecule has 1 atom stereocenters. The van der Waals surface area contributed by atoms with Crippen molar-refractivity contribution in [3.05, 3.63) is 35.9 Å². The maximum atomic E-state index is 4.89. The molecule has 26 heavy (non-hydrogen) atoms. The SMILES string of the molecule is CCNC(=NCCCN1CCN(C)CC1c1ccccc1)N1CCCC1. The van der Waals surface area contributed by atoms with Crippen LogP contribution in [0.2, 0.25) is 0 Å². The van der Waals surface area contributed by atoms with Gasteiger partial charge in [-0.25, -0.2) is 0 Å². The van der Waals surface area contributed by atoms with E-state index >= 15 is 0 Å². The van der Waals surface area contributed by atoms with Crippen LogP contribution in [0.5, 0.6) is 0 Å². The van der Waals surface area contributed by atoms with Crippen LogP contribution in [0, 0.1) is 0 Å². The third kappa shape index (κ3) is 5.21. The van der Waals surface area contributed by atoms with Crippen LogP contribution in [0.1, 0.15) is 37.8 Å². The van der Waals surface area contributed by atoms with Crippen molar-refractivity contribution in [1.29, 1.82) is 0 Å². The summed E-state index contributed by atoms with van der Waals surface area (Å²) < 4.78 is 0. The molecule has 5 heteroatoms. The summed E-state index contributed by atoms with van der Waals surface area (Å²) in [6.45, 7) is 10.9. The fourth-order valence-electron chi connectivity index (χ4n) is 4.03. The zero-order valence-electron chi connectivity index (χ0n) is 16.5. The molecule has 0 aliphatic carbocycles. The van der Waals surface area contributed by atoms with Crippen LogP contribution < -0.4 is 5.32 Å². The Hall–Kier alpha value is -1.59. The Balaban J connectivity index is 1.54. The topological polar surface area (TPSA) is 34.1 Å². The molecule has 144 valence electrons. The summed E-state index contributed by atoms with van der Waals surface area (Å²) in [6, 6.07) is 11.5. The first kappa shape index (κ1) is 19.2. The van der Waals surface area contributed by atoms with E-state index in [1.807, 2.05) is 0 Å². The molecule has 0 amide bonds. The highest BCUT2D eigenvalue weighted by molar-refractivity contribution is 5.80. The fraction of sp³-hybridized carbons (Fsp3) is 0.667. The number of nitrogens with one attached hydrogen (secondary N) is 1. The second-order valence-electron chi connectivity index (χ2n) is 7.51. The normalized spacial score (nSPS) is 22.8. The lowest BCUT2D eigenvalue weighted by Gasteiger charge is -2.40. The number of hydrogen-bond acceptors (Lipinski definition) is 3. The van der Waals surface area contributed by atoms with E-state index in [4.69, 9.17) is 4.99 Å². The Morgan fingerprint density at radius 2 is 1.88 bits per heavy atom. The van der Waals surface area contributed by atoms with Crippen LogP contribution in [0.4, 0.5) is 0 Å². The largest absolute Gasteiger partial charge is 0.357 e. The van der Waals surface area contributed by atoms with E-state index in [1.54, 1.807) is 0 Å². The molecule has 0 radical (unpaired) electrons. The fourth-order valence-corrected chi connectivity index (χ4v) is 4.03. The summed E-state index contributed by atoms with van der Waals surface area (Å²) in [6.07, 6.45) is 3.71. The van der Waals surface area contributed by atoms with Gasteiger partial charge < -0.3 is 15.1 Å². The highest BCUT2D eigenvalue weighted by atomic mass is 15.3. The van der Waals surface area contributed by atoms with Gasteiger partial charge in [0, 0.05) is 58.4 Å². The number of likely N-dealkylation sites (N-methyl/N-ethyl adjacent to an activating group) is 1. The summed E-state index contributed by atoms with van der Waals surface area (Å²) in [4.78, 5) is 12.4. The minimum Gasteiger partial charge on any atom is -0.357 e. The Morgan fingerprint density at radius 1 is 1.12 bits per heavy atom. The zero-order chi connectivity index (χ0) is 18.2. The van der Waals surface area contributed by atoms with Crippen LogP contribution in [-0.4, -0.2) is 80.1 Å². The van der Waals surface area contributed by atoms with E-state index in [0.717, 1.165) is 64.7 Å². The number of rotatable bonds is 6. The van der Waals surface area contributed by atoms with E-state index in [-0.39, 0.29) is 0 Å². The Bertz CT molecular complexity index is 553. The maximum Gasteiger partial charge on any atom is 0.193 e. The third-order valence-electron chi connectivity index (χ3n) is 5.48. The summed E-state index contributed by atoms with van der Waals surface area (Å²) in [7, 11) is 2.23. The minimum atomic E-state index is 0.505. The van der Waals surface area contributed by atoms with Crippen molar-refractivity contribution in [2.45, 2.75) is 32.2 Å². The third-order valence-corrected chi connectivity index (χ3v) is 5.48. The van der Waals surface area contributed by atoms with Gasteiger partial charge in [0.1, 0.15) is 0 Å². The molecular weight excluding hydrogens is 322 g/mol. The summed E-state index contributed by atoms with van der Waals surface area (Å²) in [5, 5.41) is 3.46. The highest BCUT2D eigenvalue weighted by Crippen LogP contribution is 2.24. The molecule has 2 saturated heterocycles. The van der Waals surface area contributed by atoms with Gasteiger partial charge in [0.25, 0.3) is 0 Å². The molecule has 0 saturated carbocycles. The number of piperazine rings is 1. The average molecular weight is 358 g/mol. The number of benzene rings is 1. The lowest BCUT2D eigenvalue weighted by Crippen LogP contribution is -2.47. The van der Waals surface area contributed by atoms with Crippen LogP contribution in [0.25, 0.3) is 0 Å². The van der Waals surface area contributed by atoms with Crippen LogP contribution in [0.3, 0.4) is 0 Å². The van der Waals surface area contributed by atoms with Crippen LogP contribution >= 0.6 is 0 Å². The lowest BCUT2D eigenvalue weighted by atomic mass is 10.0. The van der Waals surface area contributed by atoms with E-state index < -0.39 is 0 Å². The lowest BCUT2D eigenvalue weighted by molar-refractivity contribution is 0.0894. The maximum absolute atomic E-state index is 4.89. The molecule has 2 heterocycles. The van der Waals surface area contributed by atoms with Crippen LogP contribution in [-0.2, 0) is 0 Å². The van der Waals surface area contributed by atoms with Gasteiger partial charge in [0.05, 0.1) is 0 Å². The van der Waals surface area contributed by atoms with Gasteiger partial charge >= 0.3 is 0 Å². The van der Waals surface area contributed by atoms with Crippen molar-refractivity contribution in [3.63, 3.8) is 0 Å². The molecule has 2 aliphatic heterocycles. The molecule has 1 aromatic rings. The van der Waals surface area contributed by atoms with Gasteiger partial charge in [0.2, 0.25) is 0 Å². The smallest absolute Gasteiger partial charge is 0.193 e. The van der Waals surface area contributed by atoms with Crippen molar-refractivity contribution >= 4 is 5.96 Å². The molecule has 0 aromatic heterocycles. The molecule has 0 bridgehead atoms. The van der Waals surface area contributed by atoms with Crippen molar-refractivity contribution < 1.29 is 0 Å². The molecule has 1 N–H and O–H groups in total. The quantitative estimate of drug-likeness (QED) is 0.482. The predicted octanol–water partition coefficient (Wildman–Crippen LogP) is 2.43. The van der Waals surface area contributed by atoms with Gasteiger partial charge in [-0.05, 0) is 38.8 Å². The standard InChI is InChI=1S/C21H35N5/c1-3-22-21(26-13-7-8-14-26)23-12-9-15-25-17-16-24(2)18-20(25)19-10-5-4-6-11-19/h4-6,10-11,20H,3,7-9,12-18H2,1-2H3,(H,22,23). The minimum absolute atomic E-state index is 0.505. The molecule has 0 spiro atoms. The van der Waals surface area contributed by atoms with Gasteiger partial charge in [-0.15, -0.1) is 0 Å². The summed E-state index contributed by atoms with van der Waals surface area (Å²) in [5.41, 5.74) is 1.44. The van der Waals surface area contributed by atoms with Crippen molar-refractivity contribution in [2.24, 2.45) is 4.99 Å². The van der Waals surface area contributed by atoms with E-state index in [1.165, 1.54) is 18.4 Å². The number of likely N-dealkylation sites (tertiary alicyclic amines) is 1. The van der Waals surface area contributed by atoms with Crippen LogP contribution in [0.15, 0.2) is 35.3 Å². The first-order valence-corrected chi connectivity index (χ1v) is 10.3. The average Bonchev–Trinajstić information content (AvgIpc) is 3.20. The molecule has 2 fully saturated rings. The van der Waals surface area contributed by atoms with E-state index in [0.29, 0.717) is 6.04 Å². The van der Waals surface area contributed by atoms with E-state index in [9.17, 15) is 0 Å². The Morgan fingerprint density at radius 3 is 2.62 bits per heavy atom. The predicted molar refractivity (Wildman–Crippen MR) is 110 cm³/mol. The van der Waals surface area contributed by atoms with Crippen molar-refractivity contribution in [1.82, 2.24) is 20.0 Å². The molecule has 3 rings (SSSR count). The molecule has 5 nitrogen and oxygen atoms in total. The summed E-state index contributed by atoms with van der Waals surface area (Å²) in [5.74, 6) is 1.11. The highest BCUT2D eigenvalue weighted by Gasteiger charge is 2.26. The van der Waals surface area contributed by atoms with Crippen molar-refractivity contribution in [2.75, 3.05) is 59.4 Å². The zero-order valence-corrected chi connectivity index (χ0v) is 16.5. The first-order chi connectivity index (χ1) is 12.8. The van der Waals surface area contributed by atoms with E-state index in [2.05, 4.69) is 64.3 Å². The Kier molecular flexibility index (Phi) is 7.32. The number of aliphatic imine (C=N–C) groups is 1. The number of nitrogens with zero attached hydrogens (tertiary/aromatic N) is 4. The molecular formula is C21H35N5. The number of guanidine groups is 1. The molecule has 2 aliphatic rings. The summed E-state index contributed by atoms with van der Waals surface area (Å²) >= 11 is 0. The molecule has 1 unspecified atom stereocenters. The van der Waals surface area contributed by atoms with Gasteiger partial charge in [0.15, 0.2) is 5.96 Å². The van der Waals surface area contributed by atoms with Gasteiger partial charge in [-0.2, -0.15) is 0 Å². The monoisotopic (exact) mass is 357 g/mol. The second kappa shape index (κ2) is 9.93. The second-order valence-corrected chi connectivity index (χ2v) is 7.51. The molecule has 1 aromatic carbocycles.